The summed E-state index contributed by atoms with van der Waals surface area (Å²) in [5, 5.41) is 20.1. The summed E-state index contributed by atoms with van der Waals surface area (Å²) in [5.41, 5.74) is -0.568. The van der Waals surface area contributed by atoms with Gasteiger partial charge in [0.15, 0.2) is 0 Å². The van der Waals surface area contributed by atoms with E-state index >= 15 is 0 Å². The van der Waals surface area contributed by atoms with Gasteiger partial charge in [-0.15, -0.1) is 0 Å². The standard InChI is InChI=1S/C18H27NO4/c1-17(2,3)23-16(22)19-11-7-6-10-18(19,13-20)12-14-8-4-5-9-15(14)21/h4-5,8-9,20-21H,6-7,10-13H2,1-3H3/t18-/m1/s1. The van der Waals surface area contributed by atoms with Gasteiger partial charge in [-0.05, 0) is 51.7 Å². The zero-order valence-electron chi connectivity index (χ0n) is 14.2. The Bertz CT molecular complexity index is 552. The summed E-state index contributed by atoms with van der Waals surface area (Å²) in [4.78, 5) is 14.2. The molecule has 0 saturated carbocycles. The van der Waals surface area contributed by atoms with E-state index in [2.05, 4.69) is 0 Å². The lowest BCUT2D eigenvalue weighted by molar-refractivity contribution is -0.0338. The van der Waals surface area contributed by atoms with E-state index in [1.54, 1.807) is 17.0 Å². The number of rotatable bonds is 3. The zero-order valence-corrected chi connectivity index (χ0v) is 14.2. The lowest BCUT2D eigenvalue weighted by Crippen LogP contribution is -2.59. The molecule has 1 aliphatic heterocycles. The van der Waals surface area contributed by atoms with Crippen LogP contribution in [0.3, 0.4) is 0 Å². The van der Waals surface area contributed by atoms with Gasteiger partial charge in [-0.1, -0.05) is 18.2 Å². The number of aliphatic hydroxyl groups excluding tert-OH is 1. The highest BCUT2D eigenvalue weighted by Gasteiger charge is 2.43. The van der Waals surface area contributed by atoms with Gasteiger partial charge in [-0.25, -0.2) is 4.79 Å². The summed E-state index contributed by atoms with van der Waals surface area (Å²) in [6.07, 6.45) is 2.53. The quantitative estimate of drug-likeness (QED) is 0.897. The van der Waals surface area contributed by atoms with E-state index in [0.29, 0.717) is 19.4 Å². The van der Waals surface area contributed by atoms with E-state index in [0.717, 1.165) is 18.4 Å². The number of phenols is 1. The molecule has 5 nitrogen and oxygen atoms in total. The molecule has 23 heavy (non-hydrogen) atoms. The smallest absolute Gasteiger partial charge is 0.410 e. The van der Waals surface area contributed by atoms with Crippen LogP contribution in [0.2, 0.25) is 0 Å². The molecule has 0 aliphatic carbocycles. The van der Waals surface area contributed by atoms with Crippen LogP contribution in [0, 0.1) is 0 Å². The first-order valence-electron chi connectivity index (χ1n) is 8.16. The summed E-state index contributed by atoms with van der Waals surface area (Å²) >= 11 is 0. The number of carbonyl (C=O) groups excluding carboxylic acids is 1. The average Bonchev–Trinajstić information content (AvgIpc) is 2.48. The largest absolute Gasteiger partial charge is 0.508 e. The van der Waals surface area contributed by atoms with Crippen molar-refractivity contribution in [2.75, 3.05) is 13.2 Å². The minimum absolute atomic E-state index is 0.152. The number of benzene rings is 1. The van der Waals surface area contributed by atoms with Crippen molar-refractivity contribution in [1.82, 2.24) is 4.90 Å². The predicted molar refractivity (Wildman–Crippen MR) is 88.4 cm³/mol. The number of para-hydroxylation sites is 1. The van der Waals surface area contributed by atoms with Crippen LogP contribution in [0.4, 0.5) is 4.79 Å². The molecule has 0 radical (unpaired) electrons. The van der Waals surface area contributed by atoms with Gasteiger partial charge in [-0.2, -0.15) is 0 Å². The molecule has 0 bridgehead atoms. The summed E-state index contributed by atoms with van der Waals surface area (Å²) in [6, 6.07) is 7.06. The number of hydrogen-bond acceptors (Lipinski definition) is 4. The number of likely N-dealkylation sites (tertiary alicyclic amines) is 1. The van der Waals surface area contributed by atoms with E-state index in [4.69, 9.17) is 4.74 Å². The Balaban J connectivity index is 2.28. The first-order valence-corrected chi connectivity index (χ1v) is 8.16. The highest BCUT2D eigenvalue weighted by Crippen LogP contribution is 2.34. The predicted octanol–water partition coefficient (Wildman–Crippen LogP) is 3.09. The molecule has 0 unspecified atom stereocenters. The Morgan fingerprint density at radius 1 is 1.30 bits per heavy atom. The highest BCUT2D eigenvalue weighted by molar-refractivity contribution is 5.69. The van der Waals surface area contributed by atoms with Crippen LogP contribution in [-0.4, -0.2) is 45.5 Å². The van der Waals surface area contributed by atoms with Gasteiger partial charge in [0, 0.05) is 13.0 Å². The molecule has 2 N–H and O–H groups in total. The van der Waals surface area contributed by atoms with Gasteiger partial charge >= 0.3 is 6.09 Å². The molecule has 1 fully saturated rings. The van der Waals surface area contributed by atoms with Crippen LogP contribution in [0.15, 0.2) is 24.3 Å². The number of aliphatic hydroxyl groups is 1. The number of ether oxygens (including phenoxy) is 1. The van der Waals surface area contributed by atoms with Gasteiger partial charge in [0.2, 0.25) is 0 Å². The number of nitrogens with zero attached hydrogens (tertiary/aromatic N) is 1. The third-order valence-corrected chi connectivity index (χ3v) is 4.27. The van der Waals surface area contributed by atoms with Crippen molar-refractivity contribution < 1.29 is 19.7 Å². The Kier molecular flexibility index (Phi) is 5.19. The van der Waals surface area contributed by atoms with Crippen LogP contribution in [-0.2, 0) is 11.2 Å². The lowest BCUT2D eigenvalue weighted by atomic mass is 9.82. The van der Waals surface area contributed by atoms with E-state index in [1.807, 2.05) is 32.9 Å². The van der Waals surface area contributed by atoms with Crippen LogP contribution >= 0.6 is 0 Å². The van der Waals surface area contributed by atoms with Gasteiger partial charge in [-0.3, -0.25) is 4.90 Å². The van der Waals surface area contributed by atoms with Crippen LogP contribution in [0.1, 0.15) is 45.6 Å². The van der Waals surface area contributed by atoms with Crippen molar-refractivity contribution >= 4 is 6.09 Å². The molecule has 1 amide bonds. The maximum Gasteiger partial charge on any atom is 0.410 e. The number of amides is 1. The number of phenolic OH excluding ortho intramolecular Hbond substituents is 1. The van der Waals surface area contributed by atoms with E-state index in [-0.39, 0.29) is 12.4 Å². The second kappa shape index (κ2) is 6.79. The van der Waals surface area contributed by atoms with Crippen LogP contribution in [0.25, 0.3) is 0 Å². The van der Waals surface area contributed by atoms with E-state index in [9.17, 15) is 15.0 Å². The second-order valence-corrected chi connectivity index (χ2v) is 7.28. The minimum atomic E-state index is -0.723. The SMILES string of the molecule is CC(C)(C)OC(=O)N1CCCC[C@]1(CO)Cc1ccccc1O. The maximum atomic E-state index is 12.6. The molecule has 0 aromatic heterocycles. The number of piperidine rings is 1. The van der Waals surface area contributed by atoms with Crippen molar-refractivity contribution in [1.29, 1.82) is 0 Å². The molecule has 1 aliphatic rings. The fraction of sp³-hybridized carbons (Fsp3) is 0.611. The second-order valence-electron chi connectivity index (χ2n) is 7.28. The lowest BCUT2D eigenvalue weighted by Gasteiger charge is -2.46. The topological polar surface area (TPSA) is 70.0 Å². The minimum Gasteiger partial charge on any atom is -0.508 e. The monoisotopic (exact) mass is 321 g/mol. The molecule has 0 spiro atoms. The number of carbonyl (C=O) groups is 1. The van der Waals surface area contributed by atoms with E-state index in [1.165, 1.54) is 0 Å². The molecule has 128 valence electrons. The third kappa shape index (κ3) is 4.16. The fourth-order valence-corrected chi connectivity index (χ4v) is 3.12. The Labute approximate surface area is 137 Å². The number of hydrogen-bond donors (Lipinski definition) is 2. The average molecular weight is 321 g/mol. The molecule has 2 rings (SSSR count). The molecule has 5 heteroatoms. The molecular weight excluding hydrogens is 294 g/mol. The molecule has 1 saturated heterocycles. The Hall–Kier alpha value is -1.75. The van der Waals surface area contributed by atoms with Crippen LogP contribution in [0.5, 0.6) is 5.75 Å². The molecular formula is C18H27NO4. The summed E-state index contributed by atoms with van der Waals surface area (Å²) in [5.74, 6) is 0.190. The van der Waals surface area contributed by atoms with Crippen LogP contribution < -0.4 is 0 Å². The first-order chi connectivity index (χ1) is 10.8. The van der Waals surface area contributed by atoms with Crippen molar-refractivity contribution in [3.8, 4) is 5.75 Å². The molecule has 1 heterocycles. The summed E-state index contributed by atoms with van der Waals surface area (Å²) in [7, 11) is 0. The zero-order chi connectivity index (χ0) is 17.1. The van der Waals surface area contributed by atoms with E-state index < -0.39 is 17.2 Å². The van der Waals surface area contributed by atoms with Crippen molar-refractivity contribution in [3.63, 3.8) is 0 Å². The highest BCUT2D eigenvalue weighted by atomic mass is 16.6. The fourth-order valence-electron chi connectivity index (χ4n) is 3.12. The maximum absolute atomic E-state index is 12.6. The molecule has 1 aromatic carbocycles. The first kappa shape index (κ1) is 17.6. The van der Waals surface area contributed by atoms with Gasteiger partial charge in [0.1, 0.15) is 11.4 Å². The number of aromatic hydroxyl groups is 1. The van der Waals surface area contributed by atoms with Gasteiger partial charge in [0.05, 0.1) is 12.1 Å². The normalized spacial score (nSPS) is 22.0. The van der Waals surface area contributed by atoms with Crippen molar-refractivity contribution in [2.24, 2.45) is 0 Å². The summed E-state index contributed by atoms with van der Waals surface area (Å²) in [6.45, 7) is 5.90. The van der Waals surface area contributed by atoms with Gasteiger partial charge in [0.25, 0.3) is 0 Å². The van der Waals surface area contributed by atoms with Gasteiger partial charge < -0.3 is 14.9 Å². The van der Waals surface area contributed by atoms with Crippen molar-refractivity contribution in [2.45, 2.75) is 57.6 Å². The third-order valence-electron chi connectivity index (χ3n) is 4.27. The Morgan fingerprint density at radius 2 is 2.00 bits per heavy atom. The van der Waals surface area contributed by atoms with Crippen molar-refractivity contribution in [3.05, 3.63) is 29.8 Å². The molecule has 1 atom stereocenters. The summed E-state index contributed by atoms with van der Waals surface area (Å²) < 4.78 is 5.52. The molecule has 1 aromatic rings. The Morgan fingerprint density at radius 3 is 2.61 bits per heavy atom.